The molecule has 1 N–H and O–H groups in total. The van der Waals surface area contributed by atoms with Crippen molar-refractivity contribution < 1.29 is 13.2 Å². The first-order valence-corrected chi connectivity index (χ1v) is 9.88. The van der Waals surface area contributed by atoms with Crippen molar-refractivity contribution in [3.8, 4) is 0 Å². The quantitative estimate of drug-likeness (QED) is 0.735. The second kappa shape index (κ2) is 6.67. The van der Waals surface area contributed by atoms with E-state index in [9.17, 15) is 13.2 Å². The Kier molecular flexibility index (Phi) is 4.60. The third kappa shape index (κ3) is 3.30. The Labute approximate surface area is 146 Å². The van der Waals surface area contributed by atoms with E-state index in [1.165, 1.54) is 39.6 Å². The molecule has 3 rings (SSSR count). The number of hydrogen-bond donors (Lipinski definition) is 1. The fourth-order valence-electron chi connectivity index (χ4n) is 1.89. The van der Waals surface area contributed by atoms with E-state index >= 15 is 0 Å². The summed E-state index contributed by atoms with van der Waals surface area (Å²) in [4.78, 5) is 12.5. The second-order valence-corrected chi connectivity index (χ2v) is 8.37. The van der Waals surface area contributed by atoms with Gasteiger partial charge >= 0.3 is 0 Å². The number of anilines is 2. The average molecular weight is 380 g/mol. The molecule has 0 fully saturated rings. The molecule has 0 spiro atoms. The molecule has 24 heavy (non-hydrogen) atoms. The Hall–Kier alpha value is -2.30. The Bertz CT molecular complexity index is 937. The number of nitrogens with zero attached hydrogens (tertiary/aromatic N) is 3. The molecule has 0 atom stereocenters. The van der Waals surface area contributed by atoms with Gasteiger partial charge in [-0.2, -0.15) is 0 Å². The van der Waals surface area contributed by atoms with E-state index in [2.05, 4.69) is 15.5 Å². The van der Waals surface area contributed by atoms with Gasteiger partial charge in [-0.1, -0.05) is 29.5 Å². The van der Waals surface area contributed by atoms with E-state index in [1.54, 1.807) is 24.3 Å². The molecular weight excluding hydrogens is 368 g/mol. The van der Waals surface area contributed by atoms with E-state index in [-0.39, 0.29) is 9.77 Å². The van der Waals surface area contributed by atoms with Gasteiger partial charge in [-0.25, -0.2) is 8.42 Å². The van der Waals surface area contributed by atoms with Gasteiger partial charge in [0.25, 0.3) is 15.9 Å². The molecule has 0 aliphatic rings. The Morgan fingerprint density at radius 2 is 1.96 bits per heavy atom. The predicted octanol–water partition coefficient (Wildman–Crippen LogP) is 2.68. The van der Waals surface area contributed by atoms with Crippen LogP contribution in [0.25, 0.3) is 0 Å². The first-order valence-electron chi connectivity index (χ1n) is 6.68. The van der Waals surface area contributed by atoms with Gasteiger partial charge in [-0.15, -0.1) is 21.5 Å². The van der Waals surface area contributed by atoms with Crippen molar-refractivity contribution in [2.75, 3.05) is 16.7 Å². The minimum atomic E-state index is -3.73. The monoisotopic (exact) mass is 380 g/mol. The highest BCUT2D eigenvalue weighted by Gasteiger charge is 2.24. The topological polar surface area (TPSA) is 92.3 Å². The van der Waals surface area contributed by atoms with Crippen LogP contribution in [0.3, 0.4) is 0 Å². The normalized spacial score (nSPS) is 11.2. The summed E-state index contributed by atoms with van der Waals surface area (Å²) < 4.78 is 26.5. The van der Waals surface area contributed by atoms with E-state index < -0.39 is 15.9 Å². The number of thiophene rings is 1. The van der Waals surface area contributed by atoms with Gasteiger partial charge in [0.05, 0.1) is 15.5 Å². The van der Waals surface area contributed by atoms with Crippen LogP contribution in [0, 0.1) is 0 Å². The maximum atomic E-state index is 12.7. The minimum absolute atomic E-state index is 0.0706. The molecular formula is C14H12N4O3S3. The van der Waals surface area contributed by atoms with Crippen LogP contribution in [0.2, 0.25) is 0 Å². The molecule has 1 aromatic carbocycles. The standard InChI is InChI=1S/C14H12N4O3S3/c1-18(10-5-3-2-4-6-10)24(20,21)11-7-12(22-8-11)13(19)16-14-17-15-9-23-14/h2-9H,1H3,(H,16,17,19). The first kappa shape index (κ1) is 16.6. The highest BCUT2D eigenvalue weighted by molar-refractivity contribution is 7.93. The van der Waals surface area contributed by atoms with Gasteiger partial charge in [0.15, 0.2) is 0 Å². The summed E-state index contributed by atoms with van der Waals surface area (Å²) in [6.07, 6.45) is 0. The zero-order valence-electron chi connectivity index (χ0n) is 12.4. The highest BCUT2D eigenvalue weighted by atomic mass is 32.2. The van der Waals surface area contributed by atoms with Gasteiger partial charge < -0.3 is 0 Å². The Morgan fingerprint density at radius 1 is 1.21 bits per heavy atom. The Balaban J connectivity index is 1.83. The molecule has 0 saturated carbocycles. The first-order chi connectivity index (χ1) is 11.5. The summed E-state index contributed by atoms with van der Waals surface area (Å²) in [7, 11) is -2.25. The van der Waals surface area contributed by atoms with Crippen molar-refractivity contribution >= 4 is 49.4 Å². The maximum Gasteiger partial charge on any atom is 0.267 e. The summed E-state index contributed by atoms with van der Waals surface area (Å²) >= 11 is 2.24. The van der Waals surface area contributed by atoms with E-state index in [4.69, 9.17) is 0 Å². The number of aromatic nitrogens is 2. The van der Waals surface area contributed by atoms with Crippen LogP contribution < -0.4 is 9.62 Å². The molecule has 0 radical (unpaired) electrons. The molecule has 0 aliphatic carbocycles. The van der Waals surface area contributed by atoms with Gasteiger partial charge in [-0.3, -0.25) is 14.4 Å². The molecule has 0 aliphatic heterocycles. The number of sulfonamides is 1. The SMILES string of the molecule is CN(c1ccccc1)S(=O)(=O)c1csc(C(=O)Nc2nncs2)c1. The van der Waals surface area contributed by atoms with Crippen molar-refractivity contribution in [2.45, 2.75) is 4.90 Å². The van der Waals surface area contributed by atoms with Crippen LogP contribution in [0.15, 0.2) is 52.2 Å². The fraction of sp³-hybridized carbons (Fsp3) is 0.0714. The summed E-state index contributed by atoms with van der Waals surface area (Å²) in [6, 6.07) is 10.1. The molecule has 0 bridgehead atoms. The number of amides is 1. The highest BCUT2D eigenvalue weighted by Crippen LogP contribution is 2.26. The van der Waals surface area contributed by atoms with Crippen molar-refractivity contribution in [2.24, 2.45) is 0 Å². The molecule has 3 aromatic rings. The van der Waals surface area contributed by atoms with Crippen molar-refractivity contribution in [3.63, 3.8) is 0 Å². The van der Waals surface area contributed by atoms with Gasteiger partial charge in [0.2, 0.25) is 5.13 Å². The smallest absolute Gasteiger partial charge is 0.267 e. The molecule has 0 unspecified atom stereocenters. The van der Waals surface area contributed by atoms with Crippen molar-refractivity contribution in [3.05, 3.63) is 52.2 Å². The third-order valence-electron chi connectivity index (χ3n) is 3.16. The second-order valence-electron chi connectivity index (χ2n) is 4.65. The number of rotatable bonds is 5. The lowest BCUT2D eigenvalue weighted by Gasteiger charge is -2.18. The zero-order valence-corrected chi connectivity index (χ0v) is 14.9. The molecule has 10 heteroatoms. The van der Waals surface area contributed by atoms with Crippen LogP contribution in [-0.2, 0) is 10.0 Å². The van der Waals surface area contributed by atoms with Crippen molar-refractivity contribution in [1.82, 2.24) is 10.2 Å². The van der Waals surface area contributed by atoms with Crippen LogP contribution >= 0.6 is 22.7 Å². The minimum Gasteiger partial charge on any atom is -0.296 e. The average Bonchev–Trinajstić information content (AvgIpc) is 3.26. The summed E-state index contributed by atoms with van der Waals surface area (Å²) in [6.45, 7) is 0. The molecule has 2 heterocycles. The number of carbonyl (C=O) groups is 1. The van der Waals surface area contributed by atoms with Crippen LogP contribution in [0.1, 0.15) is 9.67 Å². The van der Waals surface area contributed by atoms with Gasteiger partial charge in [0.1, 0.15) is 5.51 Å². The molecule has 0 saturated heterocycles. The van der Waals surface area contributed by atoms with E-state index in [1.807, 2.05) is 6.07 Å². The number of para-hydroxylation sites is 1. The molecule has 124 valence electrons. The number of hydrogen-bond acceptors (Lipinski definition) is 7. The number of carbonyl (C=O) groups excluding carboxylic acids is 1. The molecule has 7 nitrogen and oxygen atoms in total. The lowest BCUT2D eigenvalue weighted by molar-refractivity contribution is 0.103. The summed E-state index contributed by atoms with van der Waals surface area (Å²) in [5.74, 6) is -0.416. The van der Waals surface area contributed by atoms with Gasteiger partial charge in [0, 0.05) is 12.4 Å². The third-order valence-corrected chi connectivity index (χ3v) is 6.61. The van der Waals surface area contributed by atoms with Crippen LogP contribution in [-0.4, -0.2) is 31.6 Å². The summed E-state index contributed by atoms with van der Waals surface area (Å²) in [5, 5.41) is 11.7. The zero-order chi connectivity index (χ0) is 17.2. The van der Waals surface area contributed by atoms with E-state index in [0.29, 0.717) is 10.8 Å². The largest absolute Gasteiger partial charge is 0.296 e. The van der Waals surface area contributed by atoms with E-state index in [0.717, 1.165) is 11.3 Å². The Morgan fingerprint density at radius 3 is 2.62 bits per heavy atom. The van der Waals surface area contributed by atoms with Crippen LogP contribution in [0.4, 0.5) is 10.8 Å². The van der Waals surface area contributed by atoms with Crippen molar-refractivity contribution in [1.29, 1.82) is 0 Å². The number of nitrogens with one attached hydrogen (secondary N) is 1. The molecule has 1 amide bonds. The van der Waals surface area contributed by atoms with Gasteiger partial charge in [-0.05, 0) is 18.2 Å². The number of benzene rings is 1. The lowest BCUT2D eigenvalue weighted by Crippen LogP contribution is -2.26. The van der Waals surface area contributed by atoms with Crippen LogP contribution in [0.5, 0.6) is 0 Å². The predicted molar refractivity (Wildman–Crippen MR) is 94.2 cm³/mol. The molecule has 2 aromatic heterocycles. The maximum absolute atomic E-state index is 12.7. The fourth-order valence-corrected chi connectivity index (χ4v) is 4.69. The lowest BCUT2D eigenvalue weighted by atomic mass is 10.3. The summed E-state index contributed by atoms with van der Waals surface area (Å²) in [5.41, 5.74) is 2.04.